The summed E-state index contributed by atoms with van der Waals surface area (Å²) in [5.41, 5.74) is 7.03. The van der Waals surface area contributed by atoms with E-state index in [0.29, 0.717) is 40.9 Å². The van der Waals surface area contributed by atoms with Gasteiger partial charge in [-0.1, -0.05) is 48.0 Å². The lowest BCUT2D eigenvalue weighted by atomic mass is 9.95. The van der Waals surface area contributed by atoms with Gasteiger partial charge >= 0.3 is 12.0 Å². The van der Waals surface area contributed by atoms with Gasteiger partial charge in [-0.3, -0.25) is 5.43 Å². The Morgan fingerprint density at radius 1 is 1.13 bits per heavy atom. The summed E-state index contributed by atoms with van der Waals surface area (Å²) in [7, 11) is 1.28. The maximum atomic E-state index is 12.5. The standard InChI is InChI=1S/C33H34ClN5O6/c1-4-44-28-15-22(31-30(32(41)43-3)20(2)36-33(42)37-31)11-14-27(28)45-19-29(40)38-35-16-23-18-39(26-8-6-5-7-25(23)26)17-21-9-12-24(34)13-10-21/h5-16,18,29,31,38,40H,4,17,19H2,1-3H3,(H2,36,37,42)/b35-16+/t29-,31-/m1/s1. The third kappa shape index (κ3) is 7.39. The summed E-state index contributed by atoms with van der Waals surface area (Å²) in [6, 6.07) is 19.6. The van der Waals surface area contributed by atoms with Gasteiger partial charge < -0.3 is 34.5 Å². The topological polar surface area (TPSA) is 135 Å². The van der Waals surface area contributed by atoms with E-state index in [2.05, 4.69) is 25.7 Å². The molecule has 5 rings (SSSR count). The first-order valence-corrected chi connectivity index (χ1v) is 14.7. The molecular weight excluding hydrogens is 598 g/mol. The van der Waals surface area contributed by atoms with Gasteiger partial charge in [0, 0.05) is 39.9 Å². The van der Waals surface area contributed by atoms with Crippen LogP contribution in [0, 0.1) is 0 Å². The van der Waals surface area contributed by atoms with Crippen LogP contribution in [0.1, 0.15) is 36.6 Å². The lowest BCUT2D eigenvalue weighted by Crippen LogP contribution is -2.45. The highest BCUT2D eigenvalue weighted by molar-refractivity contribution is 6.30. The van der Waals surface area contributed by atoms with Crippen molar-refractivity contribution in [1.29, 1.82) is 0 Å². The normalized spacial score (nSPS) is 15.5. The summed E-state index contributed by atoms with van der Waals surface area (Å²) in [6.45, 7) is 4.33. The Kier molecular flexibility index (Phi) is 9.91. The monoisotopic (exact) mass is 631 g/mol. The average molecular weight is 632 g/mol. The highest BCUT2D eigenvalue weighted by Gasteiger charge is 2.32. The molecule has 2 amide bonds. The molecule has 4 N–H and O–H groups in total. The van der Waals surface area contributed by atoms with Crippen molar-refractivity contribution in [3.05, 3.63) is 106 Å². The summed E-state index contributed by atoms with van der Waals surface area (Å²) in [6.07, 6.45) is 2.54. The molecule has 0 radical (unpaired) electrons. The van der Waals surface area contributed by atoms with Gasteiger partial charge in [0.2, 0.25) is 0 Å². The highest BCUT2D eigenvalue weighted by Crippen LogP contribution is 2.35. The quantitative estimate of drug-likeness (QED) is 0.0759. The lowest BCUT2D eigenvalue weighted by Gasteiger charge is -2.28. The largest absolute Gasteiger partial charge is 0.490 e. The van der Waals surface area contributed by atoms with Crippen molar-refractivity contribution in [3.8, 4) is 11.5 Å². The van der Waals surface area contributed by atoms with Crippen molar-refractivity contribution in [2.24, 2.45) is 5.10 Å². The molecule has 0 saturated heterocycles. The van der Waals surface area contributed by atoms with E-state index in [-0.39, 0.29) is 12.2 Å². The van der Waals surface area contributed by atoms with Gasteiger partial charge in [0.1, 0.15) is 6.61 Å². The number of nitrogens with zero attached hydrogens (tertiary/aromatic N) is 2. The number of amides is 2. The molecular formula is C33H34ClN5O6. The number of urea groups is 1. The van der Waals surface area contributed by atoms with E-state index in [9.17, 15) is 14.7 Å². The summed E-state index contributed by atoms with van der Waals surface area (Å²) in [5.74, 6) is 0.189. The Morgan fingerprint density at radius 2 is 1.91 bits per heavy atom. The maximum Gasteiger partial charge on any atom is 0.337 e. The number of carbonyl (C=O) groups is 2. The molecule has 0 saturated carbocycles. The number of carbonyl (C=O) groups excluding carboxylic acids is 2. The number of halogens is 1. The van der Waals surface area contributed by atoms with Gasteiger partial charge in [-0.25, -0.2) is 9.59 Å². The number of aliphatic hydroxyl groups excluding tert-OH is 1. The molecule has 2 heterocycles. The predicted molar refractivity (Wildman–Crippen MR) is 171 cm³/mol. The van der Waals surface area contributed by atoms with E-state index < -0.39 is 24.3 Å². The number of fused-ring (bicyclic) bond motifs is 1. The SMILES string of the molecule is CCOc1cc([C@H]2NC(=O)NC(C)=C2C(=O)OC)ccc1OC[C@@H](O)N/N=C/c1cn(Cc2ccc(Cl)cc2)c2ccccc12. The Balaban J connectivity index is 1.25. The van der Waals surface area contributed by atoms with Crippen molar-refractivity contribution in [2.75, 3.05) is 20.3 Å². The second-order valence-electron chi connectivity index (χ2n) is 10.3. The number of para-hydroxylation sites is 1. The Morgan fingerprint density at radius 3 is 2.67 bits per heavy atom. The van der Waals surface area contributed by atoms with Crippen LogP contribution in [0.25, 0.3) is 10.9 Å². The van der Waals surface area contributed by atoms with Crippen LogP contribution in [0.3, 0.4) is 0 Å². The predicted octanol–water partition coefficient (Wildman–Crippen LogP) is 4.86. The fraction of sp³-hybridized carbons (Fsp3) is 0.242. The fourth-order valence-electron chi connectivity index (χ4n) is 5.11. The van der Waals surface area contributed by atoms with Crippen LogP contribution in [0.4, 0.5) is 4.79 Å². The number of benzene rings is 3. The zero-order valence-corrected chi connectivity index (χ0v) is 25.8. The molecule has 4 aromatic rings. The van der Waals surface area contributed by atoms with E-state index in [0.717, 1.165) is 22.0 Å². The highest BCUT2D eigenvalue weighted by atomic mass is 35.5. The molecule has 234 valence electrons. The number of nitrogens with one attached hydrogen (secondary N) is 3. The number of rotatable bonds is 12. The minimum atomic E-state index is -1.13. The number of hydrogen-bond donors (Lipinski definition) is 4. The molecule has 0 unspecified atom stereocenters. The summed E-state index contributed by atoms with van der Waals surface area (Å²) < 4.78 is 18.7. The second-order valence-corrected chi connectivity index (χ2v) is 10.7. The number of ether oxygens (including phenoxy) is 3. The molecule has 11 nitrogen and oxygen atoms in total. The molecule has 3 aromatic carbocycles. The van der Waals surface area contributed by atoms with E-state index in [1.165, 1.54) is 7.11 Å². The molecule has 45 heavy (non-hydrogen) atoms. The van der Waals surface area contributed by atoms with E-state index >= 15 is 0 Å². The number of esters is 1. The zero-order valence-electron chi connectivity index (χ0n) is 25.0. The van der Waals surface area contributed by atoms with Crippen LogP contribution in [-0.4, -0.2) is 54.4 Å². The molecule has 0 bridgehead atoms. The molecule has 1 aliphatic heterocycles. The number of hydrazone groups is 1. The van der Waals surface area contributed by atoms with Gasteiger partial charge in [0.25, 0.3) is 0 Å². The van der Waals surface area contributed by atoms with Gasteiger partial charge in [-0.05, 0) is 55.3 Å². The van der Waals surface area contributed by atoms with Crippen LogP contribution in [0.2, 0.25) is 5.02 Å². The number of methoxy groups -OCH3 is 1. The van der Waals surface area contributed by atoms with Crippen molar-refractivity contribution in [1.82, 2.24) is 20.6 Å². The fourth-order valence-corrected chi connectivity index (χ4v) is 5.24. The second kappa shape index (κ2) is 14.2. The Hall–Kier alpha value is -5.00. The lowest BCUT2D eigenvalue weighted by molar-refractivity contribution is -0.136. The van der Waals surface area contributed by atoms with Gasteiger partial charge in [0.05, 0.1) is 31.5 Å². The Labute approximate surface area is 265 Å². The van der Waals surface area contributed by atoms with E-state index in [4.69, 9.17) is 25.8 Å². The molecule has 0 fully saturated rings. The average Bonchev–Trinajstić information content (AvgIpc) is 3.37. The van der Waals surface area contributed by atoms with Crippen LogP contribution >= 0.6 is 11.6 Å². The molecule has 2 atom stereocenters. The molecule has 1 aliphatic rings. The summed E-state index contributed by atoms with van der Waals surface area (Å²) in [5, 5.41) is 21.9. The minimum absolute atomic E-state index is 0.133. The van der Waals surface area contributed by atoms with Crippen molar-refractivity contribution in [2.45, 2.75) is 32.7 Å². The van der Waals surface area contributed by atoms with Crippen molar-refractivity contribution in [3.63, 3.8) is 0 Å². The zero-order chi connectivity index (χ0) is 31.9. The summed E-state index contributed by atoms with van der Waals surface area (Å²) >= 11 is 6.04. The third-order valence-corrected chi connectivity index (χ3v) is 7.44. The van der Waals surface area contributed by atoms with Crippen LogP contribution in [0.5, 0.6) is 11.5 Å². The van der Waals surface area contributed by atoms with E-state index in [1.807, 2.05) is 61.7 Å². The summed E-state index contributed by atoms with van der Waals surface area (Å²) in [4.78, 5) is 24.7. The van der Waals surface area contributed by atoms with Crippen molar-refractivity contribution < 1.29 is 28.9 Å². The molecule has 0 spiro atoms. The van der Waals surface area contributed by atoms with Gasteiger partial charge in [-0.2, -0.15) is 5.10 Å². The van der Waals surface area contributed by atoms with Crippen LogP contribution in [-0.2, 0) is 16.1 Å². The number of hydrogen-bond acceptors (Lipinski definition) is 8. The molecule has 12 heteroatoms. The van der Waals surface area contributed by atoms with Crippen molar-refractivity contribution >= 4 is 40.7 Å². The smallest absolute Gasteiger partial charge is 0.337 e. The van der Waals surface area contributed by atoms with Gasteiger partial charge in [0.15, 0.2) is 17.7 Å². The Bertz CT molecular complexity index is 1750. The first-order valence-electron chi connectivity index (χ1n) is 14.3. The maximum absolute atomic E-state index is 12.5. The number of aliphatic hydroxyl groups is 1. The molecule has 0 aliphatic carbocycles. The van der Waals surface area contributed by atoms with Crippen LogP contribution < -0.4 is 25.5 Å². The van der Waals surface area contributed by atoms with E-state index in [1.54, 1.807) is 31.3 Å². The van der Waals surface area contributed by atoms with Crippen LogP contribution in [0.15, 0.2) is 89.3 Å². The molecule has 1 aromatic heterocycles. The number of allylic oxidation sites excluding steroid dienone is 1. The first kappa shape index (κ1) is 31.4. The first-order chi connectivity index (χ1) is 21.8. The number of aromatic nitrogens is 1. The third-order valence-electron chi connectivity index (χ3n) is 7.18. The van der Waals surface area contributed by atoms with Gasteiger partial charge in [-0.15, -0.1) is 0 Å². The minimum Gasteiger partial charge on any atom is -0.490 e.